The molecule has 0 spiro atoms. The summed E-state index contributed by atoms with van der Waals surface area (Å²) in [7, 11) is 0. The van der Waals surface area contributed by atoms with Crippen molar-refractivity contribution >= 4 is 18.3 Å². The zero-order valence-corrected chi connectivity index (χ0v) is 10.4. The van der Waals surface area contributed by atoms with Crippen LogP contribution < -0.4 is 4.74 Å². The smallest absolute Gasteiger partial charge is 0.508 e. The van der Waals surface area contributed by atoms with Crippen LogP contribution in [0.2, 0.25) is 0 Å². The lowest BCUT2D eigenvalue weighted by Gasteiger charge is -2.07. The highest BCUT2D eigenvalue weighted by atomic mass is 16.7. The van der Waals surface area contributed by atoms with Gasteiger partial charge in [0.15, 0.2) is 11.5 Å². The number of phenols is 2. The van der Waals surface area contributed by atoms with Crippen molar-refractivity contribution in [2.45, 2.75) is 0 Å². The summed E-state index contributed by atoms with van der Waals surface area (Å²) in [6.45, 7) is 0. The Kier molecular flexibility index (Phi) is 3.91. The fraction of sp³-hybridized carbons (Fsp3) is 0. The molecule has 2 aromatic carbocycles. The molecule has 0 aliphatic carbocycles. The Balaban J connectivity index is 2.39. The highest BCUT2D eigenvalue weighted by Gasteiger charge is 2.13. The quantitative estimate of drug-likeness (QED) is 0.453. The molecule has 0 radical (unpaired) electrons. The number of benzene rings is 2. The second-order valence-corrected chi connectivity index (χ2v) is 4.00. The fourth-order valence-corrected chi connectivity index (χ4v) is 1.69. The number of carboxylic acid groups (broad SMARTS) is 1. The van der Waals surface area contributed by atoms with Gasteiger partial charge in [0, 0.05) is 11.6 Å². The molecule has 0 saturated carbocycles. The van der Waals surface area contributed by atoms with Crippen LogP contribution in [0.5, 0.6) is 17.2 Å². The summed E-state index contributed by atoms with van der Waals surface area (Å²) in [6, 6.07) is 11.6. The molecule has 0 fully saturated rings. The van der Waals surface area contributed by atoms with Gasteiger partial charge in [-0.05, 0) is 11.6 Å². The zero-order valence-electron chi connectivity index (χ0n) is 10.4. The minimum Gasteiger partial charge on any atom is -0.508 e. The maximum Gasteiger partial charge on any atom is 0.511 e. The number of aromatic hydroxyl groups is 2. The van der Waals surface area contributed by atoms with Crippen molar-refractivity contribution in [2.75, 3.05) is 0 Å². The van der Waals surface area contributed by atoms with E-state index in [1.165, 1.54) is 6.07 Å². The lowest BCUT2D eigenvalue weighted by Crippen LogP contribution is -2.04. The number of rotatable bonds is 3. The van der Waals surface area contributed by atoms with E-state index < -0.39 is 11.9 Å². The molecule has 0 aliphatic heterocycles. The van der Waals surface area contributed by atoms with Gasteiger partial charge < -0.3 is 20.1 Å². The van der Waals surface area contributed by atoms with Crippen molar-refractivity contribution in [1.29, 1.82) is 0 Å². The Labute approximate surface area is 115 Å². The van der Waals surface area contributed by atoms with E-state index in [1.807, 2.05) is 30.3 Å². The number of ether oxygens (including phenoxy) is 1. The first-order chi connectivity index (χ1) is 9.56. The second kappa shape index (κ2) is 5.79. The lowest BCUT2D eigenvalue weighted by molar-refractivity contribution is 0.142. The molecular weight excluding hydrogens is 260 g/mol. The van der Waals surface area contributed by atoms with Crippen LogP contribution in [0.4, 0.5) is 4.79 Å². The van der Waals surface area contributed by atoms with Gasteiger partial charge in [-0.3, -0.25) is 0 Å². The molecule has 0 saturated heterocycles. The highest BCUT2D eigenvalue weighted by Crippen LogP contribution is 2.35. The van der Waals surface area contributed by atoms with E-state index in [1.54, 1.807) is 12.2 Å². The van der Waals surface area contributed by atoms with Crippen LogP contribution in [-0.2, 0) is 0 Å². The molecule has 0 amide bonds. The predicted molar refractivity (Wildman–Crippen MR) is 73.8 cm³/mol. The first kappa shape index (κ1) is 13.5. The summed E-state index contributed by atoms with van der Waals surface area (Å²) in [5.41, 5.74) is 1.14. The van der Waals surface area contributed by atoms with Gasteiger partial charge in [-0.15, -0.1) is 0 Å². The molecule has 20 heavy (non-hydrogen) atoms. The summed E-state index contributed by atoms with van der Waals surface area (Å²) in [4.78, 5) is 10.6. The molecule has 2 aromatic rings. The summed E-state index contributed by atoms with van der Waals surface area (Å²) < 4.78 is 4.52. The topological polar surface area (TPSA) is 87.0 Å². The summed E-state index contributed by atoms with van der Waals surface area (Å²) in [6.07, 6.45) is 1.72. The number of carbonyl (C=O) groups is 1. The standard InChI is InChI=1S/C15H12O5/c16-12-8-11(7-6-10-4-2-1-3-5-10)14(13(17)9-12)20-15(18)19/h1-9,16-17H,(H,18,19). The molecule has 5 nitrogen and oxygen atoms in total. The van der Waals surface area contributed by atoms with E-state index in [0.717, 1.165) is 11.6 Å². The molecule has 0 aliphatic rings. The first-order valence-electron chi connectivity index (χ1n) is 5.76. The first-order valence-corrected chi connectivity index (χ1v) is 5.76. The van der Waals surface area contributed by atoms with Gasteiger partial charge in [0.25, 0.3) is 0 Å². The van der Waals surface area contributed by atoms with Crippen LogP contribution in [0.1, 0.15) is 11.1 Å². The van der Waals surface area contributed by atoms with Crippen molar-refractivity contribution < 1.29 is 24.9 Å². The molecule has 5 heteroatoms. The van der Waals surface area contributed by atoms with E-state index in [9.17, 15) is 15.0 Å². The van der Waals surface area contributed by atoms with Crippen molar-refractivity contribution in [3.05, 3.63) is 53.6 Å². The summed E-state index contributed by atoms with van der Waals surface area (Å²) in [5.74, 6) is -0.851. The normalized spacial score (nSPS) is 10.6. The van der Waals surface area contributed by atoms with Crippen molar-refractivity contribution in [2.24, 2.45) is 0 Å². The van der Waals surface area contributed by atoms with E-state index in [0.29, 0.717) is 0 Å². The molecule has 0 bridgehead atoms. The molecule has 0 heterocycles. The third-order valence-electron chi connectivity index (χ3n) is 2.53. The largest absolute Gasteiger partial charge is 0.511 e. The Morgan fingerprint density at radius 1 is 1.05 bits per heavy atom. The average molecular weight is 272 g/mol. The molecule has 2 rings (SSSR count). The monoisotopic (exact) mass is 272 g/mol. The Morgan fingerprint density at radius 3 is 2.40 bits per heavy atom. The lowest BCUT2D eigenvalue weighted by atomic mass is 10.1. The SMILES string of the molecule is O=C(O)Oc1c(O)cc(O)cc1C=Cc1ccccc1. The summed E-state index contributed by atoms with van der Waals surface area (Å²) in [5, 5.41) is 27.7. The Bertz CT molecular complexity index is 647. The van der Waals surface area contributed by atoms with Gasteiger partial charge in [-0.1, -0.05) is 42.5 Å². The number of hydrogen-bond donors (Lipinski definition) is 3. The van der Waals surface area contributed by atoms with Crippen LogP contribution in [0.3, 0.4) is 0 Å². The van der Waals surface area contributed by atoms with Gasteiger partial charge >= 0.3 is 6.16 Å². The molecule has 0 atom stereocenters. The van der Waals surface area contributed by atoms with Gasteiger partial charge in [-0.2, -0.15) is 0 Å². The summed E-state index contributed by atoms with van der Waals surface area (Å²) >= 11 is 0. The highest BCUT2D eigenvalue weighted by molar-refractivity contribution is 5.77. The predicted octanol–water partition coefficient (Wildman–Crippen LogP) is 3.33. The number of phenolic OH excluding ortho intramolecular Hbond substituents is 2. The molecule has 3 N–H and O–H groups in total. The van der Waals surface area contributed by atoms with Crippen molar-refractivity contribution in [1.82, 2.24) is 0 Å². The maximum atomic E-state index is 10.6. The maximum absolute atomic E-state index is 10.6. The second-order valence-electron chi connectivity index (χ2n) is 4.00. The van der Waals surface area contributed by atoms with Crippen molar-refractivity contribution in [3.63, 3.8) is 0 Å². The van der Waals surface area contributed by atoms with Crippen molar-refractivity contribution in [3.8, 4) is 17.2 Å². The van der Waals surface area contributed by atoms with E-state index in [2.05, 4.69) is 4.74 Å². The van der Waals surface area contributed by atoms with Crippen LogP contribution >= 0.6 is 0 Å². The Morgan fingerprint density at radius 2 is 1.75 bits per heavy atom. The van der Waals surface area contributed by atoms with Crippen LogP contribution in [0.15, 0.2) is 42.5 Å². The van der Waals surface area contributed by atoms with Crippen LogP contribution in [0, 0.1) is 0 Å². The van der Waals surface area contributed by atoms with Gasteiger partial charge in [-0.25, -0.2) is 4.79 Å². The van der Waals surface area contributed by atoms with Gasteiger partial charge in [0.05, 0.1) is 0 Å². The molecule has 0 unspecified atom stereocenters. The number of hydrogen-bond acceptors (Lipinski definition) is 4. The molecule has 0 aromatic heterocycles. The average Bonchev–Trinajstić information content (AvgIpc) is 2.40. The molecular formula is C15H12O5. The fourth-order valence-electron chi connectivity index (χ4n) is 1.69. The Hall–Kier alpha value is -2.95. The molecule has 102 valence electrons. The van der Waals surface area contributed by atoms with E-state index in [4.69, 9.17) is 5.11 Å². The minimum atomic E-state index is -1.54. The van der Waals surface area contributed by atoms with Gasteiger partial charge in [0.2, 0.25) is 0 Å². The zero-order chi connectivity index (χ0) is 14.5. The van der Waals surface area contributed by atoms with Crippen LogP contribution in [-0.4, -0.2) is 21.5 Å². The van der Waals surface area contributed by atoms with E-state index in [-0.39, 0.29) is 17.1 Å². The van der Waals surface area contributed by atoms with Gasteiger partial charge in [0.1, 0.15) is 5.75 Å². The third kappa shape index (κ3) is 3.29. The van der Waals surface area contributed by atoms with Crippen LogP contribution in [0.25, 0.3) is 12.2 Å². The van der Waals surface area contributed by atoms with E-state index >= 15 is 0 Å². The minimum absolute atomic E-state index is 0.187. The third-order valence-corrected chi connectivity index (χ3v) is 2.53.